The SMILES string of the molecule is CCO[C@@H](C)[C@H]1CN(CC)C(=O)c2c(O)c(=O)c(-c3nnc(Cc4ccc(C)cc4)s3)cn21. The number of fused-ring (bicyclic) bond motifs is 1. The number of likely N-dealkylation sites (N-methyl/N-ethyl adjacent to an activating group) is 1. The normalized spacial score (nSPS) is 16.7. The molecule has 9 heteroatoms. The second-order valence-electron chi connectivity index (χ2n) is 8.21. The van der Waals surface area contributed by atoms with E-state index in [2.05, 4.69) is 10.2 Å². The molecule has 0 bridgehead atoms. The maximum Gasteiger partial charge on any atom is 0.274 e. The maximum atomic E-state index is 13.1. The summed E-state index contributed by atoms with van der Waals surface area (Å²) in [6.45, 7) is 9.17. The molecule has 33 heavy (non-hydrogen) atoms. The number of aryl methyl sites for hydroxylation is 1. The molecule has 0 aliphatic carbocycles. The Morgan fingerprint density at radius 3 is 2.61 bits per heavy atom. The molecule has 3 heterocycles. The van der Waals surface area contributed by atoms with Gasteiger partial charge in [0.05, 0.1) is 17.7 Å². The summed E-state index contributed by atoms with van der Waals surface area (Å²) in [7, 11) is 0. The average molecular weight is 469 g/mol. The number of carbonyl (C=O) groups excluding carboxylic acids is 1. The van der Waals surface area contributed by atoms with Gasteiger partial charge in [-0.3, -0.25) is 9.59 Å². The molecule has 8 nitrogen and oxygen atoms in total. The second-order valence-corrected chi connectivity index (χ2v) is 9.27. The molecule has 3 aromatic rings. The minimum atomic E-state index is -0.617. The highest BCUT2D eigenvalue weighted by Gasteiger charge is 2.37. The molecule has 2 atom stereocenters. The number of hydrogen-bond acceptors (Lipinski definition) is 7. The predicted molar refractivity (Wildman–Crippen MR) is 127 cm³/mol. The number of pyridine rings is 1. The molecule has 0 unspecified atom stereocenters. The van der Waals surface area contributed by atoms with E-state index in [0.717, 1.165) is 10.6 Å². The zero-order valence-electron chi connectivity index (χ0n) is 19.2. The Kier molecular flexibility index (Phi) is 6.62. The first-order chi connectivity index (χ1) is 15.8. The van der Waals surface area contributed by atoms with Crippen LogP contribution in [0.25, 0.3) is 10.6 Å². The van der Waals surface area contributed by atoms with Gasteiger partial charge in [-0.05, 0) is 33.3 Å². The summed E-state index contributed by atoms with van der Waals surface area (Å²) >= 11 is 1.31. The topological polar surface area (TPSA) is 97.6 Å². The minimum Gasteiger partial charge on any atom is -0.503 e. The van der Waals surface area contributed by atoms with E-state index in [-0.39, 0.29) is 29.3 Å². The summed E-state index contributed by atoms with van der Waals surface area (Å²) in [5, 5.41) is 20.5. The van der Waals surface area contributed by atoms with Crippen molar-refractivity contribution in [3.8, 4) is 16.3 Å². The lowest BCUT2D eigenvalue weighted by molar-refractivity contribution is 0.0149. The van der Waals surface area contributed by atoms with Gasteiger partial charge in [0.2, 0.25) is 5.43 Å². The Balaban J connectivity index is 1.75. The van der Waals surface area contributed by atoms with E-state index in [9.17, 15) is 14.7 Å². The lowest BCUT2D eigenvalue weighted by Gasteiger charge is -2.38. The molecule has 4 rings (SSSR count). The van der Waals surface area contributed by atoms with Crippen LogP contribution in [-0.2, 0) is 11.2 Å². The van der Waals surface area contributed by atoms with E-state index in [4.69, 9.17) is 4.74 Å². The highest BCUT2D eigenvalue weighted by Crippen LogP contribution is 2.32. The molecule has 0 saturated heterocycles. The van der Waals surface area contributed by atoms with Gasteiger partial charge in [-0.1, -0.05) is 41.2 Å². The van der Waals surface area contributed by atoms with Gasteiger partial charge in [0, 0.05) is 32.3 Å². The molecule has 0 saturated carbocycles. The third-order valence-electron chi connectivity index (χ3n) is 5.99. The summed E-state index contributed by atoms with van der Waals surface area (Å²) in [4.78, 5) is 27.7. The summed E-state index contributed by atoms with van der Waals surface area (Å²) in [6, 6.07) is 7.92. The molecule has 0 radical (unpaired) electrons. The molecule has 0 spiro atoms. The third kappa shape index (κ3) is 4.43. The van der Waals surface area contributed by atoms with Gasteiger partial charge in [0.15, 0.2) is 16.5 Å². The summed E-state index contributed by atoms with van der Waals surface area (Å²) < 4.78 is 7.50. The number of aromatic hydroxyl groups is 1. The highest BCUT2D eigenvalue weighted by atomic mass is 32.1. The van der Waals surface area contributed by atoms with E-state index in [0.29, 0.717) is 31.1 Å². The van der Waals surface area contributed by atoms with Crippen molar-refractivity contribution < 1.29 is 14.6 Å². The van der Waals surface area contributed by atoms with E-state index in [1.165, 1.54) is 16.9 Å². The molecule has 0 fully saturated rings. The molecular weight excluding hydrogens is 440 g/mol. The van der Waals surface area contributed by atoms with E-state index in [1.807, 2.05) is 52.0 Å². The number of benzene rings is 1. The Morgan fingerprint density at radius 1 is 1.21 bits per heavy atom. The number of carbonyl (C=O) groups is 1. The van der Waals surface area contributed by atoms with Crippen molar-refractivity contribution in [3.63, 3.8) is 0 Å². The Hall–Kier alpha value is -3.04. The van der Waals surface area contributed by atoms with Gasteiger partial charge < -0.3 is 19.3 Å². The fourth-order valence-corrected chi connectivity index (χ4v) is 5.01. The summed E-state index contributed by atoms with van der Waals surface area (Å²) in [5.74, 6) is -0.921. The second kappa shape index (κ2) is 9.44. The molecule has 1 aliphatic rings. The average Bonchev–Trinajstić information content (AvgIpc) is 3.26. The number of amides is 1. The zero-order chi connectivity index (χ0) is 23.7. The number of aromatic nitrogens is 3. The number of ether oxygens (including phenoxy) is 1. The molecule has 1 N–H and O–H groups in total. The molecule has 1 aromatic carbocycles. The Labute approximate surface area is 196 Å². The largest absolute Gasteiger partial charge is 0.503 e. The molecule has 1 amide bonds. The fourth-order valence-electron chi connectivity index (χ4n) is 4.13. The highest BCUT2D eigenvalue weighted by molar-refractivity contribution is 7.14. The third-order valence-corrected chi connectivity index (χ3v) is 6.95. The van der Waals surface area contributed by atoms with Crippen LogP contribution >= 0.6 is 11.3 Å². The van der Waals surface area contributed by atoms with Crippen molar-refractivity contribution in [2.75, 3.05) is 19.7 Å². The van der Waals surface area contributed by atoms with Crippen LogP contribution in [0.1, 0.15) is 53.4 Å². The van der Waals surface area contributed by atoms with Crippen molar-refractivity contribution in [1.29, 1.82) is 0 Å². The van der Waals surface area contributed by atoms with Gasteiger partial charge >= 0.3 is 0 Å². The molecule has 2 aromatic heterocycles. The minimum absolute atomic E-state index is 0.00204. The molecule has 174 valence electrons. The van der Waals surface area contributed by atoms with Crippen LogP contribution in [0.3, 0.4) is 0 Å². The first-order valence-corrected chi connectivity index (χ1v) is 11.9. The fraction of sp³-hybridized carbons (Fsp3) is 0.417. The van der Waals surface area contributed by atoms with Crippen LogP contribution < -0.4 is 5.43 Å². The predicted octanol–water partition coefficient (Wildman–Crippen LogP) is 3.41. The first-order valence-electron chi connectivity index (χ1n) is 11.1. The van der Waals surface area contributed by atoms with Crippen molar-refractivity contribution in [1.82, 2.24) is 19.7 Å². The van der Waals surface area contributed by atoms with E-state index < -0.39 is 11.2 Å². The Bertz CT molecular complexity index is 1220. The van der Waals surface area contributed by atoms with Crippen LogP contribution in [-0.4, -0.2) is 56.5 Å². The molecular formula is C24H28N4O4S. The summed E-state index contributed by atoms with van der Waals surface area (Å²) in [6.07, 6.45) is 2.00. The van der Waals surface area contributed by atoms with Crippen molar-refractivity contribution in [3.05, 3.63) is 62.5 Å². The monoisotopic (exact) mass is 468 g/mol. The van der Waals surface area contributed by atoms with E-state index in [1.54, 1.807) is 15.7 Å². The van der Waals surface area contributed by atoms with Gasteiger partial charge in [-0.15, -0.1) is 10.2 Å². The number of nitrogens with zero attached hydrogens (tertiary/aromatic N) is 4. The lowest BCUT2D eigenvalue weighted by Crippen LogP contribution is -2.47. The first kappa shape index (κ1) is 23.1. The zero-order valence-corrected chi connectivity index (χ0v) is 20.1. The van der Waals surface area contributed by atoms with Gasteiger partial charge in [0.1, 0.15) is 5.01 Å². The smallest absolute Gasteiger partial charge is 0.274 e. The quantitative estimate of drug-likeness (QED) is 0.571. The standard InChI is InChI=1S/C24H28N4O4S/c1-5-27-13-18(15(4)32-6-2)28-12-17(21(29)22(30)20(28)24(27)31)23-26-25-19(33-23)11-16-9-7-14(3)8-10-16/h7-10,12,15,18,30H,5-6,11,13H2,1-4H3/t15-,18+/m0/s1. The van der Waals surface area contributed by atoms with Gasteiger partial charge in [0.25, 0.3) is 5.91 Å². The number of rotatable bonds is 7. The van der Waals surface area contributed by atoms with Crippen LogP contribution in [0, 0.1) is 6.92 Å². The maximum absolute atomic E-state index is 13.1. The van der Waals surface area contributed by atoms with Crippen molar-refractivity contribution in [2.24, 2.45) is 0 Å². The van der Waals surface area contributed by atoms with Crippen molar-refractivity contribution >= 4 is 17.2 Å². The van der Waals surface area contributed by atoms with Crippen LogP contribution in [0.15, 0.2) is 35.3 Å². The van der Waals surface area contributed by atoms with Gasteiger partial charge in [-0.25, -0.2) is 0 Å². The number of hydrogen-bond donors (Lipinski definition) is 1. The van der Waals surface area contributed by atoms with Crippen LogP contribution in [0.4, 0.5) is 0 Å². The Morgan fingerprint density at radius 2 is 1.94 bits per heavy atom. The molecule has 1 aliphatic heterocycles. The lowest BCUT2D eigenvalue weighted by atomic mass is 10.0. The van der Waals surface area contributed by atoms with Crippen LogP contribution in [0.5, 0.6) is 5.75 Å². The summed E-state index contributed by atoms with van der Waals surface area (Å²) in [5.41, 5.74) is 1.90. The van der Waals surface area contributed by atoms with Crippen molar-refractivity contribution in [2.45, 2.75) is 46.3 Å². The van der Waals surface area contributed by atoms with Gasteiger partial charge in [-0.2, -0.15) is 0 Å². The van der Waals surface area contributed by atoms with Crippen LogP contribution in [0.2, 0.25) is 0 Å². The van der Waals surface area contributed by atoms with E-state index >= 15 is 0 Å².